The van der Waals surface area contributed by atoms with Gasteiger partial charge in [0.1, 0.15) is 5.75 Å². The Balaban J connectivity index is 1.59. The van der Waals surface area contributed by atoms with Gasteiger partial charge in [-0.05, 0) is 67.1 Å². The van der Waals surface area contributed by atoms with Crippen LogP contribution in [0.2, 0.25) is 0 Å². The largest absolute Gasteiger partial charge is 0.494 e. The normalized spacial score (nSPS) is 10.4. The lowest BCUT2D eigenvalue weighted by Gasteiger charge is -2.10. The minimum atomic E-state index is -0.923. The van der Waals surface area contributed by atoms with Gasteiger partial charge in [0.2, 0.25) is 0 Å². The van der Waals surface area contributed by atoms with Crippen LogP contribution in [0.4, 0.5) is 5.69 Å². The highest BCUT2D eigenvalue weighted by atomic mass is 16.6. The van der Waals surface area contributed by atoms with Gasteiger partial charge in [-0.25, -0.2) is 10.2 Å². The predicted molar refractivity (Wildman–Crippen MR) is 126 cm³/mol. The Kier molecular flexibility index (Phi) is 8.34. The highest BCUT2D eigenvalue weighted by Crippen LogP contribution is 2.28. The lowest BCUT2D eigenvalue weighted by Crippen LogP contribution is -2.32. The molecule has 0 bridgehead atoms. The Morgan fingerprint density at radius 1 is 0.912 bits per heavy atom. The number of carbonyl (C=O) groups is 3. The fraction of sp³-hybridized carbons (Fsp3) is 0.120. The zero-order chi connectivity index (χ0) is 24.3. The smallest absolute Gasteiger partial charge is 0.343 e. The number of esters is 1. The summed E-state index contributed by atoms with van der Waals surface area (Å²) in [6.45, 7) is 2.40. The van der Waals surface area contributed by atoms with Gasteiger partial charge in [-0.1, -0.05) is 18.2 Å². The maximum atomic E-state index is 12.4. The van der Waals surface area contributed by atoms with Crippen molar-refractivity contribution in [2.75, 3.05) is 19.0 Å². The summed E-state index contributed by atoms with van der Waals surface area (Å²) in [5, 5.41) is 6.24. The number of nitrogens with zero attached hydrogens (tertiary/aromatic N) is 1. The van der Waals surface area contributed by atoms with Crippen LogP contribution in [0, 0.1) is 0 Å². The number of benzene rings is 3. The molecule has 0 heterocycles. The van der Waals surface area contributed by atoms with E-state index in [0.717, 1.165) is 0 Å². The van der Waals surface area contributed by atoms with E-state index in [9.17, 15) is 14.4 Å². The van der Waals surface area contributed by atoms with E-state index in [0.29, 0.717) is 29.2 Å². The maximum Gasteiger partial charge on any atom is 0.343 e. The predicted octanol–water partition coefficient (Wildman–Crippen LogP) is 3.40. The lowest BCUT2D eigenvalue weighted by atomic mass is 10.2. The second kappa shape index (κ2) is 11.8. The standard InChI is InChI=1S/C25H23N3O6/c1-3-33-20-12-10-18(11-13-20)25(31)34-21-14-9-17(15-22(21)32-2)16-26-28-24(30)23(29)27-19-7-5-4-6-8-19/h4-16H,3H2,1-2H3,(H,27,29)(H,28,30)/b26-16-. The van der Waals surface area contributed by atoms with Gasteiger partial charge in [0.15, 0.2) is 11.5 Å². The number of ether oxygens (including phenoxy) is 3. The van der Waals surface area contributed by atoms with Crippen molar-refractivity contribution >= 4 is 29.7 Å². The molecule has 0 radical (unpaired) electrons. The van der Waals surface area contributed by atoms with Gasteiger partial charge < -0.3 is 19.5 Å². The van der Waals surface area contributed by atoms with E-state index in [1.165, 1.54) is 19.4 Å². The van der Waals surface area contributed by atoms with E-state index in [1.807, 2.05) is 6.92 Å². The first-order valence-corrected chi connectivity index (χ1v) is 10.3. The molecule has 9 heteroatoms. The number of amides is 2. The summed E-state index contributed by atoms with van der Waals surface area (Å²) in [4.78, 5) is 36.2. The minimum Gasteiger partial charge on any atom is -0.494 e. The highest BCUT2D eigenvalue weighted by molar-refractivity contribution is 6.39. The molecule has 3 aromatic carbocycles. The van der Waals surface area contributed by atoms with Gasteiger partial charge in [0.05, 0.1) is 25.5 Å². The van der Waals surface area contributed by atoms with Crippen LogP contribution < -0.4 is 25.0 Å². The number of hydrogen-bond donors (Lipinski definition) is 2. The Bertz CT molecular complexity index is 1180. The first kappa shape index (κ1) is 24.0. The number of para-hydroxylation sites is 1. The zero-order valence-corrected chi connectivity index (χ0v) is 18.6. The molecule has 0 aromatic heterocycles. The second-order valence-electron chi connectivity index (χ2n) is 6.78. The van der Waals surface area contributed by atoms with Crippen molar-refractivity contribution in [2.24, 2.45) is 5.10 Å². The van der Waals surface area contributed by atoms with Crippen molar-refractivity contribution < 1.29 is 28.6 Å². The molecular formula is C25H23N3O6. The Morgan fingerprint density at radius 2 is 1.65 bits per heavy atom. The van der Waals surface area contributed by atoms with Gasteiger partial charge in [0.25, 0.3) is 0 Å². The molecule has 0 atom stereocenters. The van der Waals surface area contributed by atoms with Crippen molar-refractivity contribution in [2.45, 2.75) is 6.92 Å². The van der Waals surface area contributed by atoms with Crippen molar-refractivity contribution in [1.82, 2.24) is 5.43 Å². The van der Waals surface area contributed by atoms with Crippen LogP contribution >= 0.6 is 0 Å². The number of nitrogens with one attached hydrogen (secondary N) is 2. The molecule has 0 aliphatic heterocycles. The number of rotatable bonds is 8. The van der Waals surface area contributed by atoms with Gasteiger partial charge in [-0.3, -0.25) is 9.59 Å². The van der Waals surface area contributed by atoms with E-state index in [-0.39, 0.29) is 11.5 Å². The zero-order valence-electron chi connectivity index (χ0n) is 18.6. The summed E-state index contributed by atoms with van der Waals surface area (Å²) in [6, 6.07) is 19.9. The van der Waals surface area contributed by atoms with E-state index >= 15 is 0 Å². The first-order chi connectivity index (χ1) is 16.5. The van der Waals surface area contributed by atoms with Crippen LogP contribution in [0.3, 0.4) is 0 Å². The molecule has 0 saturated heterocycles. The van der Waals surface area contributed by atoms with Crippen LogP contribution in [-0.2, 0) is 9.59 Å². The van der Waals surface area contributed by atoms with Gasteiger partial charge in [-0.15, -0.1) is 0 Å². The average Bonchev–Trinajstić information content (AvgIpc) is 2.86. The molecule has 0 saturated carbocycles. The monoisotopic (exact) mass is 461 g/mol. The van der Waals surface area contributed by atoms with Gasteiger partial charge in [0, 0.05) is 5.69 Å². The summed E-state index contributed by atoms with van der Waals surface area (Å²) in [5.74, 6) is -1.17. The Morgan fingerprint density at radius 3 is 2.32 bits per heavy atom. The molecule has 0 fully saturated rings. The molecule has 3 aromatic rings. The number of hydrazone groups is 1. The topological polar surface area (TPSA) is 115 Å². The van der Waals surface area contributed by atoms with E-state index in [1.54, 1.807) is 66.7 Å². The van der Waals surface area contributed by atoms with Crippen LogP contribution in [0.25, 0.3) is 0 Å². The Labute approximate surface area is 196 Å². The van der Waals surface area contributed by atoms with E-state index in [2.05, 4.69) is 15.8 Å². The summed E-state index contributed by atoms with van der Waals surface area (Å²) < 4.78 is 16.1. The molecular weight excluding hydrogens is 438 g/mol. The third-order valence-electron chi connectivity index (χ3n) is 4.41. The lowest BCUT2D eigenvalue weighted by molar-refractivity contribution is -0.136. The maximum absolute atomic E-state index is 12.4. The van der Waals surface area contributed by atoms with Crippen molar-refractivity contribution in [3.05, 3.63) is 83.9 Å². The van der Waals surface area contributed by atoms with Crippen molar-refractivity contribution in [3.8, 4) is 17.2 Å². The van der Waals surface area contributed by atoms with Gasteiger partial charge in [-0.2, -0.15) is 5.10 Å². The molecule has 0 unspecified atom stereocenters. The fourth-order valence-corrected chi connectivity index (χ4v) is 2.79. The Hall–Kier alpha value is -4.66. The van der Waals surface area contributed by atoms with Crippen LogP contribution in [0.1, 0.15) is 22.8 Å². The molecule has 2 N–H and O–H groups in total. The number of carbonyl (C=O) groups excluding carboxylic acids is 3. The van der Waals surface area contributed by atoms with Crippen molar-refractivity contribution in [1.29, 1.82) is 0 Å². The molecule has 34 heavy (non-hydrogen) atoms. The molecule has 0 spiro atoms. The average molecular weight is 461 g/mol. The van der Waals surface area contributed by atoms with Crippen LogP contribution in [-0.4, -0.2) is 37.7 Å². The molecule has 0 aliphatic carbocycles. The fourth-order valence-electron chi connectivity index (χ4n) is 2.79. The van der Waals surface area contributed by atoms with Crippen LogP contribution in [0.5, 0.6) is 17.2 Å². The second-order valence-corrected chi connectivity index (χ2v) is 6.78. The molecule has 2 amide bonds. The number of hydrogen-bond acceptors (Lipinski definition) is 7. The summed E-state index contributed by atoms with van der Waals surface area (Å²) in [7, 11) is 1.43. The molecule has 9 nitrogen and oxygen atoms in total. The van der Waals surface area contributed by atoms with Crippen LogP contribution in [0.15, 0.2) is 77.9 Å². The number of methoxy groups -OCH3 is 1. The van der Waals surface area contributed by atoms with Gasteiger partial charge >= 0.3 is 17.8 Å². The summed E-state index contributed by atoms with van der Waals surface area (Å²) >= 11 is 0. The summed E-state index contributed by atoms with van der Waals surface area (Å²) in [6.07, 6.45) is 1.33. The SMILES string of the molecule is CCOc1ccc(C(=O)Oc2ccc(/C=N\NC(=O)C(=O)Nc3ccccc3)cc2OC)cc1. The minimum absolute atomic E-state index is 0.213. The molecule has 0 aliphatic rings. The summed E-state index contributed by atoms with van der Waals surface area (Å²) in [5.41, 5.74) is 3.54. The number of anilines is 1. The quantitative estimate of drug-likeness (QED) is 0.175. The van der Waals surface area contributed by atoms with E-state index < -0.39 is 17.8 Å². The first-order valence-electron chi connectivity index (χ1n) is 10.3. The highest BCUT2D eigenvalue weighted by Gasteiger charge is 2.14. The molecule has 3 rings (SSSR count). The molecule has 174 valence electrons. The third-order valence-corrected chi connectivity index (χ3v) is 4.41. The van der Waals surface area contributed by atoms with Crippen molar-refractivity contribution in [3.63, 3.8) is 0 Å². The third kappa shape index (κ3) is 6.67. The van der Waals surface area contributed by atoms with E-state index in [4.69, 9.17) is 14.2 Å².